The van der Waals surface area contributed by atoms with Crippen LogP contribution in [0, 0.1) is 11.7 Å². The highest BCUT2D eigenvalue weighted by molar-refractivity contribution is 7.92. The molecule has 3 aromatic carbocycles. The lowest BCUT2D eigenvalue weighted by molar-refractivity contribution is -0.140. The largest absolute Gasteiger partial charge is 0.497 e. The van der Waals surface area contributed by atoms with E-state index in [9.17, 15) is 22.4 Å². The molecule has 0 bridgehead atoms. The van der Waals surface area contributed by atoms with Crippen molar-refractivity contribution in [3.8, 4) is 5.75 Å². The smallest absolute Gasteiger partial charge is 0.244 e. The summed E-state index contributed by atoms with van der Waals surface area (Å²) in [5, 5.41) is 2.92. The lowest BCUT2D eigenvalue weighted by atomic mass is 10.0. The van der Waals surface area contributed by atoms with Gasteiger partial charge in [-0.1, -0.05) is 56.3 Å². The Hall–Kier alpha value is -3.92. The quantitative estimate of drug-likeness (QED) is 0.336. The summed E-state index contributed by atoms with van der Waals surface area (Å²) in [7, 11) is -2.38. The molecular weight excluding hydrogens is 533 g/mol. The third-order valence-corrected chi connectivity index (χ3v) is 7.40. The molecule has 3 rings (SSSR count). The van der Waals surface area contributed by atoms with Crippen LogP contribution in [0.3, 0.4) is 0 Å². The molecule has 214 valence electrons. The molecule has 0 aliphatic heterocycles. The zero-order valence-corrected chi connectivity index (χ0v) is 24.0. The van der Waals surface area contributed by atoms with E-state index in [1.807, 2.05) is 44.2 Å². The summed E-state index contributed by atoms with van der Waals surface area (Å²) in [6, 6.07) is 20.3. The zero-order chi connectivity index (χ0) is 29.3. The average Bonchev–Trinajstić information content (AvgIpc) is 2.93. The summed E-state index contributed by atoms with van der Waals surface area (Å²) in [6.45, 7) is 3.78. The number of halogens is 1. The van der Waals surface area contributed by atoms with Crippen molar-refractivity contribution in [2.75, 3.05) is 30.8 Å². The number of benzene rings is 3. The fraction of sp³-hybridized carbons (Fsp3) is 0.333. The van der Waals surface area contributed by atoms with Crippen LogP contribution in [-0.2, 0) is 32.6 Å². The number of amides is 2. The highest BCUT2D eigenvalue weighted by atomic mass is 32.2. The lowest BCUT2D eigenvalue weighted by Crippen LogP contribution is -2.53. The van der Waals surface area contributed by atoms with Crippen molar-refractivity contribution in [2.45, 2.75) is 32.9 Å². The van der Waals surface area contributed by atoms with Crippen LogP contribution in [0.4, 0.5) is 10.1 Å². The average molecular weight is 570 g/mol. The lowest BCUT2D eigenvalue weighted by Gasteiger charge is -2.33. The van der Waals surface area contributed by atoms with Crippen LogP contribution in [0.1, 0.15) is 25.0 Å². The summed E-state index contributed by atoms with van der Waals surface area (Å²) in [6.07, 6.45) is 1.23. The van der Waals surface area contributed by atoms with Crippen LogP contribution < -0.4 is 14.4 Å². The number of methoxy groups -OCH3 is 1. The first kappa shape index (κ1) is 30.6. The molecule has 40 heavy (non-hydrogen) atoms. The van der Waals surface area contributed by atoms with Crippen molar-refractivity contribution in [3.05, 3.63) is 95.8 Å². The van der Waals surface area contributed by atoms with Gasteiger partial charge in [-0.15, -0.1) is 0 Å². The number of ether oxygens (including phenoxy) is 1. The topological polar surface area (TPSA) is 96.0 Å². The van der Waals surface area contributed by atoms with Gasteiger partial charge in [-0.2, -0.15) is 0 Å². The minimum Gasteiger partial charge on any atom is -0.497 e. The number of nitrogens with zero attached hydrogens (tertiary/aromatic N) is 2. The second kappa shape index (κ2) is 13.9. The van der Waals surface area contributed by atoms with E-state index in [4.69, 9.17) is 4.74 Å². The van der Waals surface area contributed by atoms with Crippen LogP contribution in [-0.4, -0.2) is 57.6 Å². The molecule has 0 heterocycles. The van der Waals surface area contributed by atoms with Gasteiger partial charge < -0.3 is 15.0 Å². The second-order valence-electron chi connectivity index (χ2n) is 9.96. The third kappa shape index (κ3) is 8.81. The van der Waals surface area contributed by atoms with Gasteiger partial charge in [-0.3, -0.25) is 13.9 Å². The summed E-state index contributed by atoms with van der Waals surface area (Å²) in [5.41, 5.74) is 1.71. The van der Waals surface area contributed by atoms with Crippen molar-refractivity contribution < 1.29 is 27.1 Å². The predicted molar refractivity (Wildman–Crippen MR) is 154 cm³/mol. The Balaban J connectivity index is 2.03. The van der Waals surface area contributed by atoms with Crippen molar-refractivity contribution in [2.24, 2.45) is 5.92 Å². The van der Waals surface area contributed by atoms with E-state index >= 15 is 0 Å². The first-order chi connectivity index (χ1) is 19.0. The van der Waals surface area contributed by atoms with Gasteiger partial charge in [-0.25, -0.2) is 12.8 Å². The van der Waals surface area contributed by atoms with E-state index in [0.29, 0.717) is 17.9 Å². The van der Waals surface area contributed by atoms with Crippen molar-refractivity contribution >= 4 is 27.5 Å². The van der Waals surface area contributed by atoms with Gasteiger partial charge in [0.05, 0.1) is 19.1 Å². The molecule has 0 saturated heterocycles. The van der Waals surface area contributed by atoms with Crippen LogP contribution in [0.15, 0.2) is 78.9 Å². The molecule has 1 unspecified atom stereocenters. The molecule has 0 saturated carbocycles. The first-order valence-electron chi connectivity index (χ1n) is 12.9. The molecule has 2 amide bonds. The minimum absolute atomic E-state index is 0.0219. The number of anilines is 1. The maximum atomic E-state index is 14.0. The highest BCUT2D eigenvalue weighted by Gasteiger charge is 2.33. The number of hydrogen-bond acceptors (Lipinski definition) is 5. The number of sulfonamides is 1. The molecule has 10 heteroatoms. The fourth-order valence-electron chi connectivity index (χ4n) is 4.13. The van der Waals surface area contributed by atoms with Gasteiger partial charge in [0.2, 0.25) is 21.8 Å². The SMILES string of the molecule is COc1ccc(N(CC(=O)N(Cc2ccc(F)cc2)C(Cc2ccccc2)C(=O)NCC(C)C)S(C)(=O)=O)cc1. The van der Waals surface area contributed by atoms with Crippen molar-refractivity contribution in [1.82, 2.24) is 10.2 Å². The van der Waals surface area contributed by atoms with Crippen molar-refractivity contribution in [3.63, 3.8) is 0 Å². The Labute approximate surface area is 235 Å². The predicted octanol–water partition coefficient (Wildman–Crippen LogP) is 4.01. The maximum Gasteiger partial charge on any atom is 0.244 e. The van der Waals surface area contributed by atoms with Gasteiger partial charge in [0.25, 0.3) is 0 Å². The molecule has 0 fully saturated rings. The second-order valence-corrected chi connectivity index (χ2v) is 11.9. The molecule has 3 aromatic rings. The Morgan fingerprint density at radius 2 is 1.55 bits per heavy atom. The highest BCUT2D eigenvalue weighted by Crippen LogP contribution is 2.23. The van der Waals surface area contributed by atoms with Crippen LogP contribution in [0.25, 0.3) is 0 Å². The van der Waals surface area contributed by atoms with Crippen LogP contribution in [0.2, 0.25) is 0 Å². The summed E-state index contributed by atoms with van der Waals surface area (Å²) in [5.74, 6) is -0.654. The van der Waals surface area contributed by atoms with Gasteiger partial charge in [0.15, 0.2) is 0 Å². The Kier molecular flexibility index (Phi) is 10.7. The maximum absolute atomic E-state index is 14.0. The normalized spacial score (nSPS) is 12.1. The molecule has 1 atom stereocenters. The van der Waals surface area contributed by atoms with Gasteiger partial charge in [0, 0.05) is 19.5 Å². The van der Waals surface area contributed by atoms with E-state index in [2.05, 4.69) is 5.32 Å². The van der Waals surface area contributed by atoms with E-state index < -0.39 is 34.3 Å². The molecule has 0 aromatic heterocycles. The minimum atomic E-state index is -3.88. The van der Waals surface area contributed by atoms with E-state index in [0.717, 1.165) is 16.1 Å². The number of nitrogens with one attached hydrogen (secondary N) is 1. The van der Waals surface area contributed by atoms with Gasteiger partial charge in [-0.05, 0) is 53.4 Å². The number of carbonyl (C=O) groups is 2. The molecule has 1 N–H and O–H groups in total. The first-order valence-corrected chi connectivity index (χ1v) is 14.8. The monoisotopic (exact) mass is 569 g/mol. The Bertz CT molecular complexity index is 1360. The Morgan fingerprint density at radius 1 is 0.925 bits per heavy atom. The number of carbonyl (C=O) groups excluding carboxylic acids is 2. The summed E-state index contributed by atoms with van der Waals surface area (Å²) >= 11 is 0. The third-order valence-electron chi connectivity index (χ3n) is 6.26. The zero-order valence-electron chi connectivity index (χ0n) is 23.2. The van der Waals surface area contributed by atoms with E-state index in [-0.39, 0.29) is 30.5 Å². The van der Waals surface area contributed by atoms with Crippen LogP contribution >= 0.6 is 0 Å². The van der Waals surface area contributed by atoms with Crippen LogP contribution in [0.5, 0.6) is 5.75 Å². The van der Waals surface area contributed by atoms with E-state index in [1.165, 1.54) is 24.1 Å². The molecule has 0 spiro atoms. The number of hydrogen-bond donors (Lipinski definition) is 1. The fourth-order valence-corrected chi connectivity index (χ4v) is 4.97. The van der Waals surface area contributed by atoms with Gasteiger partial charge in [0.1, 0.15) is 24.2 Å². The summed E-state index contributed by atoms with van der Waals surface area (Å²) in [4.78, 5) is 28.9. The molecule has 8 nitrogen and oxygen atoms in total. The Morgan fingerprint density at radius 3 is 2.10 bits per heavy atom. The van der Waals surface area contributed by atoms with Gasteiger partial charge >= 0.3 is 0 Å². The summed E-state index contributed by atoms with van der Waals surface area (Å²) < 4.78 is 45.4. The standard InChI is InChI=1S/C30H36FN3O5S/c1-22(2)19-32-30(36)28(18-23-8-6-5-7-9-23)33(20-24-10-12-25(31)13-11-24)29(35)21-34(40(4,37)38)26-14-16-27(39-3)17-15-26/h5-17,22,28H,18-21H2,1-4H3,(H,32,36). The molecule has 0 aliphatic carbocycles. The molecule has 0 aliphatic rings. The van der Waals surface area contributed by atoms with E-state index in [1.54, 1.807) is 36.4 Å². The number of rotatable bonds is 13. The van der Waals surface area contributed by atoms with Crippen molar-refractivity contribution in [1.29, 1.82) is 0 Å². The molecular formula is C30H36FN3O5S. The molecule has 0 radical (unpaired) electrons.